The van der Waals surface area contributed by atoms with Crippen molar-refractivity contribution in [2.24, 2.45) is 0 Å². The highest BCUT2D eigenvalue weighted by Crippen LogP contribution is 2.34. The molecule has 3 N–H and O–H groups in total. The lowest BCUT2D eigenvalue weighted by Crippen LogP contribution is -2.50. The van der Waals surface area contributed by atoms with E-state index in [0.717, 1.165) is 12.5 Å². The van der Waals surface area contributed by atoms with Gasteiger partial charge in [-0.25, -0.2) is 4.79 Å². The summed E-state index contributed by atoms with van der Waals surface area (Å²) in [6.07, 6.45) is -2.41. The first-order valence-electron chi connectivity index (χ1n) is 7.22. The average Bonchev–Trinajstić information content (AvgIpc) is 2.47. The Bertz CT molecular complexity index is 572. The summed E-state index contributed by atoms with van der Waals surface area (Å²) < 4.78 is 43.9. The Balaban J connectivity index is 1.95. The van der Waals surface area contributed by atoms with E-state index in [-0.39, 0.29) is 24.4 Å². The smallest absolute Gasteiger partial charge is 0.416 e. The zero-order valence-corrected chi connectivity index (χ0v) is 12.7. The fraction of sp³-hybridized carbons (Fsp3) is 0.533. The first kappa shape index (κ1) is 17.4. The third-order valence-electron chi connectivity index (χ3n) is 3.92. The maximum absolute atomic E-state index is 13.0. The van der Waals surface area contributed by atoms with Crippen LogP contribution in [0.15, 0.2) is 18.2 Å². The first-order valence-corrected chi connectivity index (χ1v) is 7.22. The van der Waals surface area contributed by atoms with E-state index in [4.69, 9.17) is 4.74 Å². The predicted molar refractivity (Wildman–Crippen MR) is 77.0 cm³/mol. The quantitative estimate of drug-likeness (QED) is 0.775. The number of aliphatic hydroxyl groups is 1. The number of benzene rings is 1. The molecular weight excluding hydrogens is 313 g/mol. The third kappa shape index (κ3) is 4.51. The monoisotopic (exact) mass is 332 g/mol. The number of carbonyl (C=O) groups excluding carboxylic acids is 1. The molecule has 8 heteroatoms. The summed E-state index contributed by atoms with van der Waals surface area (Å²) in [7, 11) is 1.28. The predicted octanol–water partition coefficient (Wildman–Crippen LogP) is 2.43. The highest BCUT2D eigenvalue weighted by Gasteiger charge is 2.35. The topological polar surface area (TPSA) is 70.6 Å². The molecule has 1 aliphatic rings. The molecule has 1 aromatic rings. The molecule has 1 saturated carbocycles. The zero-order chi connectivity index (χ0) is 17.1. The van der Waals surface area contributed by atoms with E-state index >= 15 is 0 Å². The molecule has 128 valence electrons. The summed E-state index contributed by atoms with van der Waals surface area (Å²) in [4.78, 5) is 11.6. The highest BCUT2D eigenvalue weighted by molar-refractivity contribution is 5.74. The van der Waals surface area contributed by atoms with Gasteiger partial charge in [0.2, 0.25) is 0 Å². The van der Waals surface area contributed by atoms with Crippen molar-refractivity contribution in [1.82, 2.24) is 10.6 Å². The van der Waals surface area contributed by atoms with Gasteiger partial charge in [-0.1, -0.05) is 6.07 Å². The summed E-state index contributed by atoms with van der Waals surface area (Å²) in [5, 5.41) is 14.7. The molecule has 0 heterocycles. The molecule has 0 spiro atoms. The van der Waals surface area contributed by atoms with Gasteiger partial charge in [-0.05, 0) is 37.0 Å². The Morgan fingerprint density at radius 2 is 2.04 bits per heavy atom. The third-order valence-corrected chi connectivity index (χ3v) is 3.92. The van der Waals surface area contributed by atoms with Gasteiger partial charge in [-0.3, -0.25) is 0 Å². The van der Waals surface area contributed by atoms with E-state index in [9.17, 15) is 23.1 Å². The summed E-state index contributed by atoms with van der Waals surface area (Å²) in [5.41, 5.74) is -1.79. The van der Waals surface area contributed by atoms with Gasteiger partial charge in [0.25, 0.3) is 0 Å². The van der Waals surface area contributed by atoms with Crippen LogP contribution >= 0.6 is 0 Å². The minimum atomic E-state index is -4.54. The van der Waals surface area contributed by atoms with Gasteiger partial charge in [0.05, 0.1) is 18.3 Å². The van der Waals surface area contributed by atoms with Crippen molar-refractivity contribution >= 4 is 6.03 Å². The average molecular weight is 332 g/mol. The molecule has 1 aromatic carbocycles. The normalized spacial score (nSPS) is 16.4. The van der Waals surface area contributed by atoms with E-state index in [1.54, 1.807) is 0 Å². The molecule has 2 rings (SSSR count). The van der Waals surface area contributed by atoms with Crippen molar-refractivity contribution in [2.45, 2.75) is 37.6 Å². The van der Waals surface area contributed by atoms with E-state index in [0.29, 0.717) is 12.8 Å². The van der Waals surface area contributed by atoms with Gasteiger partial charge in [0.15, 0.2) is 0 Å². The molecule has 0 unspecified atom stereocenters. The van der Waals surface area contributed by atoms with Crippen molar-refractivity contribution in [3.8, 4) is 5.75 Å². The Hall–Kier alpha value is -1.96. The molecule has 0 atom stereocenters. The minimum absolute atomic E-state index is 0.0594. The number of methoxy groups -OCH3 is 1. The van der Waals surface area contributed by atoms with E-state index in [2.05, 4.69) is 10.6 Å². The molecule has 1 fully saturated rings. The van der Waals surface area contributed by atoms with Crippen LogP contribution in [-0.4, -0.2) is 30.4 Å². The van der Waals surface area contributed by atoms with Crippen LogP contribution in [-0.2, 0) is 12.7 Å². The van der Waals surface area contributed by atoms with Crippen LogP contribution in [0.25, 0.3) is 0 Å². The van der Waals surface area contributed by atoms with E-state index < -0.39 is 23.4 Å². The van der Waals surface area contributed by atoms with Crippen molar-refractivity contribution < 1.29 is 27.8 Å². The lowest BCUT2D eigenvalue weighted by Gasteiger charge is -2.36. The standard InChI is InChI=1S/C15H19F3N2O3/c1-23-11-4-3-10(12(7-11)15(16,17)18)8-19-13(21)20-9-14(22)5-2-6-14/h3-4,7,22H,2,5-6,8-9H2,1H3,(H2,19,20,21). The van der Waals surface area contributed by atoms with Crippen LogP contribution in [0.4, 0.5) is 18.0 Å². The van der Waals surface area contributed by atoms with Crippen LogP contribution in [0, 0.1) is 0 Å². The maximum atomic E-state index is 13.0. The van der Waals surface area contributed by atoms with Crippen molar-refractivity contribution in [2.75, 3.05) is 13.7 Å². The molecule has 2 amide bonds. The number of alkyl halides is 3. The van der Waals surface area contributed by atoms with Crippen molar-refractivity contribution in [3.05, 3.63) is 29.3 Å². The zero-order valence-electron chi connectivity index (χ0n) is 12.7. The number of nitrogens with one attached hydrogen (secondary N) is 2. The number of rotatable bonds is 5. The van der Waals surface area contributed by atoms with Crippen LogP contribution in [0.1, 0.15) is 30.4 Å². The second-order valence-electron chi connectivity index (χ2n) is 5.63. The van der Waals surface area contributed by atoms with Gasteiger partial charge in [-0.2, -0.15) is 13.2 Å². The lowest BCUT2D eigenvalue weighted by atomic mass is 9.80. The van der Waals surface area contributed by atoms with Gasteiger partial charge < -0.3 is 20.5 Å². The largest absolute Gasteiger partial charge is 0.497 e. The Labute approximate surface area is 131 Å². The van der Waals surface area contributed by atoms with Crippen LogP contribution in [0.3, 0.4) is 0 Å². The number of amides is 2. The lowest BCUT2D eigenvalue weighted by molar-refractivity contribution is -0.138. The summed E-state index contributed by atoms with van der Waals surface area (Å²) >= 11 is 0. The highest BCUT2D eigenvalue weighted by atomic mass is 19.4. The van der Waals surface area contributed by atoms with Gasteiger partial charge >= 0.3 is 12.2 Å². The fourth-order valence-corrected chi connectivity index (χ4v) is 2.35. The Morgan fingerprint density at radius 3 is 2.57 bits per heavy atom. The fourth-order valence-electron chi connectivity index (χ4n) is 2.35. The molecule has 0 saturated heterocycles. The van der Waals surface area contributed by atoms with Crippen molar-refractivity contribution in [3.63, 3.8) is 0 Å². The summed E-state index contributed by atoms with van der Waals surface area (Å²) in [6.45, 7) is -0.184. The number of hydrogen-bond donors (Lipinski definition) is 3. The number of halogens is 3. The number of urea groups is 1. The van der Waals surface area contributed by atoms with Crippen LogP contribution in [0.5, 0.6) is 5.75 Å². The van der Waals surface area contributed by atoms with Crippen LogP contribution in [0.2, 0.25) is 0 Å². The second kappa shape index (κ2) is 6.66. The molecule has 23 heavy (non-hydrogen) atoms. The summed E-state index contributed by atoms with van der Waals surface area (Å²) in [5.74, 6) is 0.0951. The maximum Gasteiger partial charge on any atom is 0.416 e. The Kier molecular flexibility index (Phi) is 5.03. The molecule has 0 aromatic heterocycles. The number of hydrogen-bond acceptors (Lipinski definition) is 3. The molecule has 0 bridgehead atoms. The van der Waals surface area contributed by atoms with E-state index in [1.807, 2.05) is 0 Å². The van der Waals surface area contributed by atoms with Gasteiger partial charge in [0.1, 0.15) is 5.75 Å². The molecule has 0 aliphatic heterocycles. The number of ether oxygens (including phenoxy) is 1. The van der Waals surface area contributed by atoms with Gasteiger partial charge in [-0.15, -0.1) is 0 Å². The van der Waals surface area contributed by atoms with Gasteiger partial charge in [0, 0.05) is 13.1 Å². The molecule has 0 radical (unpaired) electrons. The molecular formula is C15H19F3N2O3. The SMILES string of the molecule is COc1ccc(CNC(=O)NCC2(O)CCC2)c(C(F)(F)F)c1. The molecule has 1 aliphatic carbocycles. The number of carbonyl (C=O) groups is 1. The Morgan fingerprint density at radius 1 is 1.35 bits per heavy atom. The summed E-state index contributed by atoms with van der Waals surface area (Å²) in [6, 6.07) is 2.95. The van der Waals surface area contributed by atoms with E-state index in [1.165, 1.54) is 19.2 Å². The minimum Gasteiger partial charge on any atom is -0.497 e. The first-order chi connectivity index (χ1) is 10.7. The molecule has 5 nitrogen and oxygen atoms in total. The second-order valence-corrected chi connectivity index (χ2v) is 5.63. The van der Waals surface area contributed by atoms with Crippen molar-refractivity contribution in [1.29, 1.82) is 0 Å². The van der Waals surface area contributed by atoms with Crippen LogP contribution < -0.4 is 15.4 Å².